The van der Waals surface area contributed by atoms with Crippen molar-refractivity contribution < 1.29 is 34.6 Å². The second-order valence-corrected chi connectivity index (χ2v) is 2.68. The molecule has 0 aromatic rings. The van der Waals surface area contributed by atoms with E-state index in [1.807, 2.05) is 0 Å². The summed E-state index contributed by atoms with van der Waals surface area (Å²) in [7, 11) is -5.17. The van der Waals surface area contributed by atoms with Gasteiger partial charge in [-0.2, -0.15) is 0 Å². The van der Waals surface area contributed by atoms with Gasteiger partial charge in [0.2, 0.25) is 0 Å². The summed E-state index contributed by atoms with van der Waals surface area (Å²) in [6, 6.07) is 0. The molecule has 5 nitrogen and oxygen atoms in total. The number of hydrogen-bond acceptors (Lipinski definition) is 6. The van der Waals surface area contributed by atoms with Gasteiger partial charge in [0.1, 0.15) is 0 Å². The second-order valence-electron chi connectivity index (χ2n) is 0.727. The van der Waals surface area contributed by atoms with Crippen molar-refractivity contribution in [2.75, 3.05) is 0 Å². The van der Waals surface area contributed by atoms with Gasteiger partial charge in [-0.15, -0.1) is 0 Å². The average molecular weight is 252 g/mol. The molecule has 9 heteroatoms. The van der Waals surface area contributed by atoms with E-state index in [0.29, 0.717) is 0 Å². The maximum atomic E-state index is 8.52. The molecule has 0 aromatic heterocycles. The Balaban J connectivity index is -0.0000000910. The summed E-state index contributed by atoms with van der Waals surface area (Å²) in [6.45, 7) is 0. The van der Waals surface area contributed by atoms with Gasteiger partial charge in [-0.05, 0) is 0 Å². The van der Waals surface area contributed by atoms with Crippen LogP contribution in [0.25, 0.3) is 0 Å². The number of thiocarbonyl (C=S) groups is 1. The molecular weight excluding hydrogens is 250 g/mol. The average Bonchev–Trinajstić information content (AvgIpc) is 1.19. The van der Waals surface area contributed by atoms with E-state index in [0.717, 1.165) is 0 Å². The fourth-order valence-corrected chi connectivity index (χ4v) is 0. The predicted octanol–water partition coefficient (Wildman–Crippen LogP) is -1.56. The zero-order valence-electron chi connectivity index (χ0n) is 4.24. The Hall–Kier alpha value is 0.499. The Kier molecular flexibility index (Phi) is 12.8. The molecule has 0 heterocycles. The number of nitrogens with two attached hydrogens (primary N) is 1. The fraction of sp³-hybridized carbons (Fsp3) is 0. The van der Waals surface area contributed by atoms with E-state index in [1.54, 1.807) is 0 Å². The quantitative estimate of drug-likeness (QED) is 0.182. The predicted molar refractivity (Wildman–Crippen MR) is 34.6 cm³/mol. The molecule has 0 fully saturated rings. The Bertz CT molecular complexity index is 163. The van der Waals surface area contributed by atoms with Crippen LogP contribution < -0.4 is 5.73 Å². The van der Waals surface area contributed by atoms with E-state index >= 15 is 0 Å². The molecule has 0 radical (unpaired) electrons. The molecule has 0 aliphatic rings. The summed E-state index contributed by atoms with van der Waals surface area (Å²) in [5.41, 5.74) is 4.66. The minimum atomic E-state index is -5.17. The van der Waals surface area contributed by atoms with Gasteiger partial charge in [0.05, 0.1) is 0 Å². The normalized spacial score (nSPS) is 8.20. The van der Waals surface area contributed by atoms with Crippen LogP contribution in [-0.2, 0) is 40.1 Å². The smallest absolute Gasteiger partial charge is 0.759 e. The van der Waals surface area contributed by atoms with E-state index in [-0.39, 0.29) is 21.4 Å². The summed E-state index contributed by atoms with van der Waals surface area (Å²) in [6.07, 6.45) is 0. The molecule has 0 rings (SSSR count). The Labute approximate surface area is 79.8 Å². The van der Waals surface area contributed by atoms with Gasteiger partial charge < -0.3 is 39.7 Å². The third-order valence-corrected chi connectivity index (χ3v) is 0. The molecule has 2 N–H and O–H groups in total. The molecule has 0 saturated heterocycles. The second kappa shape index (κ2) is 7.60. The van der Waals surface area contributed by atoms with Crippen molar-refractivity contribution in [3.8, 4) is 0 Å². The van der Waals surface area contributed by atoms with E-state index in [4.69, 9.17) is 17.5 Å². The SMILES string of the molecule is NC(=S)[S-].O=S(=O)([O-])[O-].[Cu+3]. The Morgan fingerprint density at radius 1 is 1.50 bits per heavy atom. The van der Waals surface area contributed by atoms with Crippen LogP contribution in [0, 0.1) is 0 Å². The van der Waals surface area contributed by atoms with E-state index < -0.39 is 10.4 Å². The van der Waals surface area contributed by atoms with Crippen molar-refractivity contribution in [3.63, 3.8) is 0 Å². The molecule has 0 saturated carbocycles. The first kappa shape index (κ1) is 16.8. The van der Waals surface area contributed by atoms with Crippen molar-refractivity contribution >= 4 is 39.6 Å². The van der Waals surface area contributed by atoms with Gasteiger partial charge in [0, 0.05) is 10.4 Å². The molecule has 0 aliphatic heterocycles. The Morgan fingerprint density at radius 2 is 1.50 bits per heavy atom. The molecule has 0 amide bonds. The third kappa shape index (κ3) is 1920. The first-order chi connectivity index (χ1) is 3.73. The summed E-state index contributed by atoms with van der Waals surface area (Å²) >= 11 is 8.26. The summed E-state index contributed by atoms with van der Waals surface area (Å²) < 4.78 is 34.2. The summed E-state index contributed by atoms with van der Waals surface area (Å²) in [5, 5.41) is 0. The third-order valence-electron chi connectivity index (χ3n) is 0. The van der Waals surface area contributed by atoms with Gasteiger partial charge in [0.25, 0.3) is 0 Å². The molecule has 64 valence electrons. The van der Waals surface area contributed by atoms with Gasteiger partial charge >= 0.3 is 17.1 Å². The fourth-order valence-electron chi connectivity index (χ4n) is 0. The first-order valence-corrected chi connectivity index (χ1v) is 3.51. The molecule has 10 heavy (non-hydrogen) atoms. The monoisotopic (exact) mass is 251 g/mol. The molecule has 0 atom stereocenters. The van der Waals surface area contributed by atoms with Crippen LogP contribution in [0.4, 0.5) is 0 Å². The van der Waals surface area contributed by atoms with E-state index in [9.17, 15) is 0 Å². The minimum Gasteiger partial charge on any atom is -0.759 e. The van der Waals surface area contributed by atoms with Crippen LogP contribution in [0.1, 0.15) is 0 Å². The zero-order chi connectivity index (χ0) is 8.08. The van der Waals surface area contributed by atoms with Crippen molar-refractivity contribution in [2.24, 2.45) is 5.73 Å². The summed E-state index contributed by atoms with van der Waals surface area (Å²) in [4.78, 5) is 0. The van der Waals surface area contributed by atoms with Gasteiger partial charge in [0.15, 0.2) is 0 Å². The van der Waals surface area contributed by atoms with Crippen molar-refractivity contribution in [1.29, 1.82) is 0 Å². The molecule has 0 spiro atoms. The van der Waals surface area contributed by atoms with Gasteiger partial charge in [-0.1, -0.05) is 4.32 Å². The zero-order valence-corrected chi connectivity index (χ0v) is 7.63. The molecule has 0 unspecified atom stereocenters. The maximum Gasteiger partial charge on any atom is 3.00 e. The van der Waals surface area contributed by atoms with Crippen LogP contribution in [0.15, 0.2) is 0 Å². The molecular formula is CH2CuNO4S3. The first-order valence-electron chi connectivity index (χ1n) is 1.36. The van der Waals surface area contributed by atoms with Crippen LogP contribution in [-0.4, -0.2) is 21.8 Å². The van der Waals surface area contributed by atoms with Crippen LogP contribution in [0.2, 0.25) is 0 Å². The van der Waals surface area contributed by atoms with Crippen LogP contribution in [0.3, 0.4) is 0 Å². The Morgan fingerprint density at radius 3 is 1.50 bits per heavy atom. The van der Waals surface area contributed by atoms with Crippen molar-refractivity contribution in [3.05, 3.63) is 0 Å². The maximum absolute atomic E-state index is 8.52. The van der Waals surface area contributed by atoms with E-state index in [2.05, 4.69) is 30.6 Å². The number of rotatable bonds is 0. The van der Waals surface area contributed by atoms with Crippen molar-refractivity contribution in [1.82, 2.24) is 0 Å². The van der Waals surface area contributed by atoms with Gasteiger partial charge in [-0.3, -0.25) is 8.42 Å². The van der Waals surface area contributed by atoms with Crippen LogP contribution >= 0.6 is 12.2 Å². The largest absolute Gasteiger partial charge is 3.00 e. The van der Waals surface area contributed by atoms with Crippen molar-refractivity contribution in [2.45, 2.75) is 0 Å². The topological polar surface area (TPSA) is 106 Å². The summed E-state index contributed by atoms with van der Waals surface area (Å²) in [5.74, 6) is 0. The molecule has 0 aliphatic carbocycles. The molecule has 0 aromatic carbocycles. The molecule has 0 bridgehead atoms. The van der Waals surface area contributed by atoms with E-state index in [1.165, 1.54) is 0 Å². The van der Waals surface area contributed by atoms with Crippen LogP contribution in [0.5, 0.6) is 0 Å². The standard InChI is InChI=1S/CH3NS2.Cu.H2O4S/c2-1(3)4;;1-5(2,3)4/h(H3,2,3,4);;(H2,1,2,3,4)/q;+3;/p-3. The van der Waals surface area contributed by atoms with Gasteiger partial charge in [-0.25, -0.2) is 0 Å². The minimum absolute atomic E-state index is 0. The number of hydrogen-bond donors (Lipinski definition) is 1.